The lowest BCUT2D eigenvalue weighted by Gasteiger charge is -2.26. The van der Waals surface area contributed by atoms with Crippen LogP contribution in [0.3, 0.4) is 0 Å². The van der Waals surface area contributed by atoms with Gasteiger partial charge in [-0.3, -0.25) is 4.52 Å². The fraction of sp³-hybridized carbons (Fsp3) is 1.00. The Bertz CT molecular complexity index is 197. The van der Waals surface area contributed by atoms with Crippen molar-refractivity contribution in [2.24, 2.45) is 0 Å². The molecule has 2 atom stereocenters. The zero-order valence-corrected chi connectivity index (χ0v) is 7.89. The van der Waals surface area contributed by atoms with Crippen LogP contribution < -0.4 is 0 Å². The summed E-state index contributed by atoms with van der Waals surface area (Å²) in [5, 5.41) is 26.8. The molecular weight excluding hydrogens is 208 g/mol. The van der Waals surface area contributed by atoms with Crippen LogP contribution >= 0.6 is 7.82 Å². The van der Waals surface area contributed by atoms with E-state index in [0.29, 0.717) is 0 Å². The van der Waals surface area contributed by atoms with Crippen LogP contribution in [0.5, 0.6) is 0 Å². The molecule has 0 fully saturated rings. The van der Waals surface area contributed by atoms with Gasteiger partial charge in [-0.05, 0) is 6.92 Å². The molecule has 0 aliphatic rings. The number of aliphatic hydroxyl groups excluding tert-OH is 2. The molecule has 8 heteroatoms. The molecule has 0 aromatic rings. The van der Waals surface area contributed by atoms with Crippen molar-refractivity contribution in [2.75, 3.05) is 13.2 Å². The van der Waals surface area contributed by atoms with E-state index in [2.05, 4.69) is 4.52 Å². The average molecular weight is 221 g/mol. The summed E-state index contributed by atoms with van der Waals surface area (Å²) >= 11 is 0. The number of phosphoric acid groups is 1. The third-order valence-corrected chi connectivity index (χ3v) is 1.92. The monoisotopic (exact) mass is 221 g/mol. The zero-order valence-electron chi connectivity index (χ0n) is 6.99. The molecule has 7 nitrogen and oxygen atoms in total. The minimum absolute atomic E-state index is 0.737. The van der Waals surface area contributed by atoms with Crippen LogP contribution in [0.2, 0.25) is 0 Å². The van der Waals surface area contributed by atoms with Crippen molar-refractivity contribution in [2.45, 2.75) is 18.6 Å². The van der Waals surface area contributed by atoms with Gasteiger partial charge in [-0.15, -0.1) is 0 Å². The van der Waals surface area contributed by atoms with Gasteiger partial charge in [-0.1, -0.05) is 0 Å². The third kappa shape index (κ3) is 5.33. The van der Waals surface area contributed by atoms with Crippen LogP contribution in [0.15, 0.2) is 0 Å². The van der Waals surface area contributed by atoms with Crippen LogP contribution in [0, 0.1) is 0 Å². The lowest BCUT2D eigenvalue weighted by Crippen LogP contribution is -2.45. The summed E-state index contributed by atoms with van der Waals surface area (Å²) in [6.45, 7) is -0.378. The van der Waals surface area contributed by atoms with Gasteiger partial charge in [-0.2, -0.15) is 0 Å². The van der Waals surface area contributed by atoms with Gasteiger partial charge in [0, 0.05) is 0 Å². The first-order valence-corrected chi connectivity index (χ1v) is 4.93. The molecule has 0 saturated carbocycles. The summed E-state index contributed by atoms with van der Waals surface area (Å²) in [5.74, 6) is 0. The van der Waals surface area contributed by atoms with Gasteiger partial charge in [0.05, 0.1) is 13.2 Å². The molecule has 0 spiro atoms. The number of phosphoric ester groups is 1. The molecule has 0 saturated heterocycles. The largest absolute Gasteiger partial charge is 0.469 e. The molecule has 0 unspecified atom stereocenters. The first kappa shape index (κ1) is 13.0. The van der Waals surface area contributed by atoms with Crippen LogP contribution in [-0.2, 0) is 9.09 Å². The first-order chi connectivity index (χ1) is 5.69. The molecule has 0 aliphatic carbocycles. The highest BCUT2D eigenvalue weighted by molar-refractivity contribution is 7.46. The summed E-state index contributed by atoms with van der Waals surface area (Å²) < 4.78 is 14.1. The second-order valence-electron chi connectivity index (χ2n) is 2.82. The molecule has 0 radical (unpaired) electrons. The van der Waals surface area contributed by atoms with E-state index in [1.54, 1.807) is 0 Å². The maximum atomic E-state index is 10.2. The molecule has 0 amide bonds. The Hall–Kier alpha value is -0.0100. The van der Waals surface area contributed by atoms with E-state index in [0.717, 1.165) is 6.92 Å². The Labute approximate surface area is 74.8 Å². The zero-order chi connectivity index (χ0) is 10.7. The van der Waals surface area contributed by atoms with E-state index >= 15 is 0 Å². The number of hydrogen-bond acceptors (Lipinski definition) is 5. The first-order valence-electron chi connectivity index (χ1n) is 3.40. The summed E-state index contributed by atoms with van der Waals surface area (Å²) in [5.41, 5.74) is -1.84. The van der Waals surface area contributed by atoms with E-state index in [1.807, 2.05) is 0 Å². The lowest BCUT2D eigenvalue weighted by molar-refractivity contribution is -0.107. The Morgan fingerprint density at radius 3 is 2.31 bits per heavy atom. The van der Waals surface area contributed by atoms with Gasteiger partial charge in [-0.25, -0.2) is 4.57 Å². The molecule has 0 aliphatic heterocycles. The topological polar surface area (TPSA) is 127 Å². The second kappa shape index (κ2) is 4.47. The Morgan fingerprint density at radius 1 is 1.54 bits per heavy atom. The number of aliphatic hydroxyl groups is 3. The van der Waals surface area contributed by atoms with Gasteiger partial charge in [0.2, 0.25) is 0 Å². The van der Waals surface area contributed by atoms with Gasteiger partial charge in [0.25, 0.3) is 0 Å². The fourth-order valence-corrected chi connectivity index (χ4v) is 0.788. The molecular formula is C5H13O7P. The highest BCUT2D eigenvalue weighted by atomic mass is 31.2. The van der Waals surface area contributed by atoms with Crippen molar-refractivity contribution < 1.29 is 34.2 Å². The van der Waals surface area contributed by atoms with Crippen molar-refractivity contribution in [1.82, 2.24) is 0 Å². The van der Waals surface area contributed by atoms with Crippen molar-refractivity contribution in [3.05, 3.63) is 0 Å². The minimum Gasteiger partial charge on any atom is -0.393 e. The Morgan fingerprint density at radius 2 is 2.00 bits per heavy atom. The summed E-state index contributed by atoms with van der Waals surface area (Å²) in [4.78, 5) is 16.5. The van der Waals surface area contributed by atoms with E-state index in [1.165, 1.54) is 0 Å². The SMILES string of the molecule is [13CH3][13C@](O)([13CH2]O)[13C@H](O)[13CH2]OP(=O)(O)O. The van der Waals surface area contributed by atoms with Crippen LogP contribution in [-0.4, -0.2) is 50.0 Å². The van der Waals surface area contributed by atoms with Gasteiger partial charge in [0.1, 0.15) is 11.7 Å². The van der Waals surface area contributed by atoms with E-state index < -0.39 is 32.7 Å². The third-order valence-electron chi connectivity index (χ3n) is 1.44. The normalized spacial score (nSPS) is 19.5. The van der Waals surface area contributed by atoms with E-state index in [4.69, 9.17) is 25.1 Å². The molecule has 0 heterocycles. The molecule has 0 aromatic carbocycles. The van der Waals surface area contributed by atoms with Gasteiger partial charge >= 0.3 is 7.82 Å². The van der Waals surface area contributed by atoms with E-state index in [9.17, 15) is 4.57 Å². The van der Waals surface area contributed by atoms with E-state index in [-0.39, 0.29) is 0 Å². The predicted molar refractivity (Wildman–Crippen MR) is 41.7 cm³/mol. The molecule has 13 heavy (non-hydrogen) atoms. The highest BCUT2D eigenvalue weighted by Gasteiger charge is 2.31. The summed E-state index contributed by atoms with van der Waals surface area (Å²) in [6.07, 6.45) is -1.56. The minimum atomic E-state index is -4.65. The Balaban J connectivity index is 4.02. The highest BCUT2D eigenvalue weighted by Crippen LogP contribution is 2.36. The quantitative estimate of drug-likeness (QED) is 0.273. The van der Waals surface area contributed by atoms with Crippen molar-refractivity contribution >= 4 is 7.82 Å². The molecule has 0 rings (SSSR count). The van der Waals surface area contributed by atoms with Crippen molar-refractivity contribution in [3.63, 3.8) is 0 Å². The molecule has 0 aromatic heterocycles. The maximum Gasteiger partial charge on any atom is 0.469 e. The van der Waals surface area contributed by atoms with Gasteiger partial charge in [0.15, 0.2) is 0 Å². The van der Waals surface area contributed by atoms with Gasteiger partial charge < -0.3 is 25.1 Å². The van der Waals surface area contributed by atoms with Crippen LogP contribution in [0.1, 0.15) is 6.92 Å². The van der Waals surface area contributed by atoms with Crippen LogP contribution in [0.25, 0.3) is 0 Å². The smallest absolute Gasteiger partial charge is 0.393 e. The maximum absolute atomic E-state index is 10.2. The lowest BCUT2D eigenvalue weighted by atomic mass is 11.0. The average Bonchev–Trinajstić information content (AvgIpc) is 1.98. The van der Waals surface area contributed by atoms with Crippen LogP contribution in [0.4, 0.5) is 0 Å². The fourth-order valence-electron chi connectivity index (χ4n) is 0.453. The number of rotatable bonds is 5. The van der Waals surface area contributed by atoms with Crippen molar-refractivity contribution in [1.29, 1.82) is 0 Å². The van der Waals surface area contributed by atoms with Crippen molar-refractivity contribution in [3.8, 4) is 0 Å². The Kier molecular flexibility index (Phi) is 4.47. The second-order valence-corrected chi connectivity index (χ2v) is 4.06. The molecule has 0 bridgehead atoms. The number of hydrogen-bond donors (Lipinski definition) is 5. The summed E-state index contributed by atoms with van der Waals surface area (Å²) in [6, 6.07) is 0. The standard InChI is InChI=1S/C5H13O7P/c1-5(8,3-6)4(7)2-12-13(9,10)11/h4,6-8H,2-3H2,1H3,(H2,9,10,11)/t4-,5+/m1/s1/i1+1,2+1,3+1,4+1,5+1. The predicted octanol–water partition coefficient (Wildman–Crippen LogP) is -1.80. The summed E-state index contributed by atoms with van der Waals surface area (Å²) in [7, 11) is -4.65. The molecule has 5 N–H and O–H groups in total. The molecule has 80 valence electrons.